The zero-order valence-corrected chi connectivity index (χ0v) is 16.5. The number of rotatable bonds is 5. The zero-order valence-electron chi connectivity index (χ0n) is 16.5. The van der Waals surface area contributed by atoms with Crippen molar-refractivity contribution >= 4 is 22.9 Å². The monoisotopic (exact) mass is 391 g/mol. The fraction of sp³-hybridized carbons (Fsp3) is 0.348. The Kier molecular flexibility index (Phi) is 5.34. The standard InChI is InChI=1S/C23H25N3O3/c1-16-11-12-17(23(28)29)15-25(16)22(27)14-13-21-24-19-9-5-6-10-20(19)26(21)18-7-3-2-4-8-18/h2-10,16-17H,11-15H2,1H3,(H,28,29). The highest BCUT2D eigenvalue weighted by atomic mass is 16.4. The van der Waals surface area contributed by atoms with Crippen molar-refractivity contribution in [3.63, 3.8) is 0 Å². The fourth-order valence-electron chi connectivity index (χ4n) is 4.13. The van der Waals surface area contributed by atoms with Gasteiger partial charge in [0.1, 0.15) is 5.82 Å². The molecule has 2 heterocycles. The molecular formula is C23H25N3O3. The minimum absolute atomic E-state index is 0.00452. The van der Waals surface area contributed by atoms with E-state index in [9.17, 15) is 14.7 Å². The van der Waals surface area contributed by atoms with E-state index in [0.717, 1.165) is 29.0 Å². The molecule has 0 aliphatic carbocycles. The van der Waals surface area contributed by atoms with Gasteiger partial charge in [0.15, 0.2) is 0 Å². The molecule has 1 aromatic heterocycles. The molecule has 0 saturated carbocycles. The Labute approximate surface area is 169 Å². The second-order valence-corrected chi connectivity index (χ2v) is 7.70. The van der Waals surface area contributed by atoms with Crippen LogP contribution >= 0.6 is 0 Å². The van der Waals surface area contributed by atoms with Gasteiger partial charge in [0.05, 0.1) is 17.0 Å². The van der Waals surface area contributed by atoms with Crippen LogP contribution in [0.15, 0.2) is 54.6 Å². The molecule has 29 heavy (non-hydrogen) atoms. The lowest BCUT2D eigenvalue weighted by atomic mass is 9.93. The van der Waals surface area contributed by atoms with Crippen LogP contribution in [-0.2, 0) is 16.0 Å². The van der Waals surface area contributed by atoms with E-state index in [2.05, 4.69) is 4.57 Å². The first-order valence-electron chi connectivity index (χ1n) is 10.1. The number of para-hydroxylation sites is 3. The van der Waals surface area contributed by atoms with Crippen molar-refractivity contribution in [2.75, 3.05) is 6.54 Å². The summed E-state index contributed by atoms with van der Waals surface area (Å²) >= 11 is 0. The number of hydrogen-bond donors (Lipinski definition) is 1. The Balaban J connectivity index is 1.57. The summed E-state index contributed by atoms with van der Waals surface area (Å²) in [4.78, 5) is 30.8. The number of carboxylic acid groups (broad SMARTS) is 1. The second kappa shape index (κ2) is 8.07. The molecular weight excluding hydrogens is 366 g/mol. The number of amides is 1. The molecule has 1 amide bonds. The van der Waals surface area contributed by atoms with Gasteiger partial charge in [0.2, 0.25) is 5.91 Å². The molecule has 4 rings (SSSR count). The Hall–Kier alpha value is -3.15. The maximum atomic E-state index is 12.9. The van der Waals surface area contributed by atoms with Crippen molar-refractivity contribution in [1.82, 2.24) is 14.5 Å². The van der Waals surface area contributed by atoms with E-state index in [1.807, 2.05) is 61.5 Å². The molecule has 1 saturated heterocycles. The molecule has 2 aromatic carbocycles. The topological polar surface area (TPSA) is 75.4 Å². The summed E-state index contributed by atoms with van der Waals surface area (Å²) < 4.78 is 2.10. The molecule has 6 nitrogen and oxygen atoms in total. The van der Waals surface area contributed by atoms with E-state index in [1.54, 1.807) is 4.90 Å². The molecule has 1 aliphatic heterocycles. The minimum Gasteiger partial charge on any atom is -0.481 e. The van der Waals surface area contributed by atoms with Gasteiger partial charge < -0.3 is 10.0 Å². The van der Waals surface area contributed by atoms with Crippen LogP contribution in [0.2, 0.25) is 0 Å². The first kappa shape index (κ1) is 19.2. The third-order valence-corrected chi connectivity index (χ3v) is 5.76. The van der Waals surface area contributed by atoms with Crippen molar-refractivity contribution in [2.45, 2.75) is 38.6 Å². The van der Waals surface area contributed by atoms with Gasteiger partial charge in [0, 0.05) is 31.1 Å². The van der Waals surface area contributed by atoms with Gasteiger partial charge in [-0.3, -0.25) is 14.2 Å². The molecule has 2 unspecified atom stereocenters. The van der Waals surface area contributed by atoms with Crippen LogP contribution in [0.3, 0.4) is 0 Å². The quantitative estimate of drug-likeness (QED) is 0.720. The number of aliphatic carboxylic acids is 1. The van der Waals surface area contributed by atoms with E-state index in [4.69, 9.17) is 4.98 Å². The van der Waals surface area contributed by atoms with Crippen LogP contribution in [0.4, 0.5) is 0 Å². The van der Waals surface area contributed by atoms with Crippen LogP contribution in [0.25, 0.3) is 16.7 Å². The second-order valence-electron chi connectivity index (χ2n) is 7.70. The van der Waals surface area contributed by atoms with E-state index in [-0.39, 0.29) is 11.9 Å². The molecule has 2 atom stereocenters. The van der Waals surface area contributed by atoms with Gasteiger partial charge in [-0.25, -0.2) is 4.98 Å². The molecule has 6 heteroatoms. The average molecular weight is 391 g/mol. The highest BCUT2D eigenvalue weighted by Crippen LogP contribution is 2.25. The lowest BCUT2D eigenvalue weighted by molar-refractivity contribution is -0.147. The summed E-state index contributed by atoms with van der Waals surface area (Å²) in [5, 5.41) is 9.32. The fourth-order valence-corrected chi connectivity index (χ4v) is 4.13. The van der Waals surface area contributed by atoms with E-state index < -0.39 is 11.9 Å². The largest absolute Gasteiger partial charge is 0.481 e. The number of benzene rings is 2. The number of imidazole rings is 1. The number of carboxylic acids is 1. The Morgan fingerprint density at radius 3 is 2.55 bits per heavy atom. The van der Waals surface area contributed by atoms with Gasteiger partial charge in [-0.2, -0.15) is 0 Å². The van der Waals surface area contributed by atoms with Crippen LogP contribution in [0.5, 0.6) is 0 Å². The van der Waals surface area contributed by atoms with E-state index in [1.165, 1.54) is 0 Å². The van der Waals surface area contributed by atoms with Crippen LogP contribution < -0.4 is 0 Å². The zero-order chi connectivity index (χ0) is 20.4. The Bertz CT molecular complexity index is 1030. The molecule has 1 N–H and O–H groups in total. The van der Waals surface area contributed by atoms with Crippen molar-refractivity contribution in [3.05, 3.63) is 60.4 Å². The summed E-state index contributed by atoms with van der Waals surface area (Å²) in [7, 11) is 0. The Morgan fingerprint density at radius 2 is 1.79 bits per heavy atom. The lowest BCUT2D eigenvalue weighted by Crippen LogP contribution is -2.47. The van der Waals surface area contributed by atoms with Gasteiger partial charge in [-0.1, -0.05) is 30.3 Å². The van der Waals surface area contributed by atoms with Crippen molar-refractivity contribution < 1.29 is 14.7 Å². The summed E-state index contributed by atoms with van der Waals surface area (Å²) in [5.74, 6) is -0.454. The highest BCUT2D eigenvalue weighted by Gasteiger charge is 2.32. The van der Waals surface area contributed by atoms with Gasteiger partial charge >= 0.3 is 5.97 Å². The molecule has 3 aromatic rings. The highest BCUT2D eigenvalue weighted by molar-refractivity contribution is 5.80. The van der Waals surface area contributed by atoms with Crippen molar-refractivity contribution in [2.24, 2.45) is 5.92 Å². The molecule has 0 radical (unpaired) electrons. The minimum atomic E-state index is -0.819. The average Bonchev–Trinajstić information content (AvgIpc) is 3.11. The van der Waals surface area contributed by atoms with E-state index in [0.29, 0.717) is 25.8 Å². The summed E-state index contributed by atoms with van der Waals surface area (Å²) in [6.07, 6.45) is 2.17. The first-order chi connectivity index (χ1) is 14.0. The number of piperidine rings is 1. The summed E-state index contributed by atoms with van der Waals surface area (Å²) in [6.45, 7) is 2.29. The smallest absolute Gasteiger partial charge is 0.308 e. The molecule has 1 aliphatic rings. The van der Waals surface area contributed by atoms with Crippen molar-refractivity contribution in [1.29, 1.82) is 0 Å². The lowest BCUT2D eigenvalue weighted by Gasteiger charge is -2.36. The van der Waals surface area contributed by atoms with Crippen LogP contribution in [-0.4, -0.2) is 44.0 Å². The van der Waals surface area contributed by atoms with Gasteiger partial charge in [-0.05, 0) is 44.0 Å². The van der Waals surface area contributed by atoms with Crippen LogP contribution in [0.1, 0.15) is 32.0 Å². The number of carbonyl (C=O) groups excluding carboxylic acids is 1. The third kappa shape index (κ3) is 3.88. The number of aromatic nitrogens is 2. The molecule has 0 spiro atoms. The number of aryl methyl sites for hydroxylation is 1. The third-order valence-electron chi connectivity index (χ3n) is 5.76. The molecule has 150 valence electrons. The molecule has 0 bridgehead atoms. The number of nitrogens with zero attached hydrogens (tertiary/aromatic N) is 3. The predicted molar refractivity (Wildman–Crippen MR) is 111 cm³/mol. The number of fused-ring (bicyclic) bond motifs is 1. The molecule has 1 fully saturated rings. The first-order valence-corrected chi connectivity index (χ1v) is 10.1. The summed E-state index contributed by atoms with van der Waals surface area (Å²) in [6, 6.07) is 18.0. The number of likely N-dealkylation sites (tertiary alicyclic amines) is 1. The number of hydrogen-bond acceptors (Lipinski definition) is 3. The van der Waals surface area contributed by atoms with Crippen LogP contribution in [0, 0.1) is 5.92 Å². The SMILES string of the molecule is CC1CCC(C(=O)O)CN1C(=O)CCc1nc2ccccc2n1-c1ccccc1. The number of carbonyl (C=O) groups is 2. The van der Waals surface area contributed by atoms with Gasteiger partial charge in [0.25, 0.3) is 0 Å². The maximum absolute atomic E-state index is 12.9. The van der Waals surface area contributed by atoms with E-state index >= 15 is 0 Å². The van der Waals surface area contributed by atoms with Crippen molar-refractivity contribution in [3.8, 4) is 5.69 Å². The summed E-state index contributed by atoms with van der Waals surface area (Å²) in [5.41, 5.74) is 2.93. The Morgan fingerprint density at radius 1 is 1.07 bits per heavy atom. The predicted octanol–water partition coefficient (Wildman–Crippen LogP) is 3.67. The maximum Gasteiger partial charge on any atom is 0.308 e. The van der Waals surface area contributed by atoms with Gasteiger partial charge in [-0.15, -0.1) is 0 Å². The normalized spacial score (nSPS) is 19.4.